The van der Waals surface area contributed by atoms with Gasteiger partial charge in [-0.05, 0) is 60.4 Å². The van der Waals surface area contributed by atoms with Crippen molar-refractivity contribution < 1.29 is 13.9 Å². The van der Waals surface area contributed by atoms with Crippen molar-refractivity contribution in [1.29, 1.82) is 0 Å². The molecule has 2 aromatic carbocycles. The van der Waals surface area contributed by atoms with Gasteiger partial charge in [0.2, 0.25) is 0 Å². The molecular weight excluding hydrogens is 472 g/mol. The predicted octanol–water partition coefficient (Wildman–Crippen LogP) is 5.54. The van der Waals surface area contributed by atoms with Gasteiger partial charge in [-0.1, -0.05) is 32.9 Å². The number of benzene rings is 2. The molecule has 0 amide bonds. The van der Waals surface area contributed by atoms with Gasteiger partial charge >= 0.3 is 0 Å². The Hall–Kier alpha value is -2.97. The van der Waals surface area contributed by atoms with E-state index in [0.717, 1.165) is 31.1 Å². The van der Waals surface area contributed by atoms with Crippen molar-refractivity contribution in [3.05, 3.63) is 76.9 Å². The maximum absolute atomic E-state index is 14.6. The van der Waals surface area contributed by atoms with Crippen molar-refractivity contribution in [3.8, 4) is 0 Å². The standard InChI is InChI=1S/C29H39F2N5O/c1-5-32-27-19(13-20(30)15-23(27)31)14-22(28-34-10-11-35-28)26(37)17-36-25-8-9-33-24-7-6-18(12-21(24)25)16-29(2,3)4/h6-7,10-13,15,22,25-26,32-33,36-37H,5,8-9,14,16-17H2,1-4H3,(H,34,35). The monoisotopic (exact) mass is 511 g/mol. The maximum atomic E-state index is 14.6. The van der Waals surface area contributed by atoms with Crippen LogP contribution in [-0.4, -0.2) is 40.8 Å². The summed E-state index contributed by atoms with van der Waals surface area (Å²) in [4.78, 5) is 7.45. The van der Waals surface area contributed by atoms with E-state index in [1.807, 2.05) is 6.92 Å². The van der Waals surface area contributed by atoms with Gasteiger partial charge in [-0.25, -0.2) is 13.8 Å². The Kier molecular flexibility index (Phi) is 8.49. The number of nitrogens with zero attached hydrogens (tertiary/aromatic N) is 1. The molecule has 0 saturated carbocycles. The van der Waals surface area contributed by atoms with Crippen LogP contribution in [0.4, 0.5) is 20.2 Å². The van der Waals surface area contributed by atoms with Crippen LogP contribution in [0.2, 0.25) is 0 Å². The van der Waals surface area contributed by atoms with Crippen LogP contribution in [0, 0.1) is 17.0 Å². The molecule has 0 saturated heterocycles. The third kappa shape index (κ3) is 6.87. The first kappa shape index (κ1) is 27.1. The van der Waals surface area contributed by atoms with Crippen molar-refractivity contribution in [2.24, 2.45) is 5.41 Å². The van der Waals surface area contributed by atoms with Crippen LogP contribution in [0.15, 0.2) is 42.7 Å². The summed E-state index contributed by atoms with van der Waals surface area (Å²) in [6.07, 6.45) is 4.59. The Balaban J connectivity index is 1.53. The summed E-state index contributed by atoms with van der Waals surface area (Å²) in [6, 6.07) is 8.89. The Morgan fingerprint density at radius 1 is 1.19 bits per heavy atom. The van der Waals surface area contributed by atoms with E-state index >= 15 is 0 Å². The van der Waals surface area contributed by atoms with Crippen molar-refractivity contribution in [3.63, 3.8) is 0 Å². The SMILES string of the molecule is CCNc1c(F)cc(F)cc1CC(c1ncc[nH]1)C(O)CNC1CCNc2ccc(CC(C)(C)C)cc21. The Morgan fingerprint density at radius 2 is 2.00 bits per heavy atom. The number of aromatic nitrogens is 2. The molecule has 6 nitrogen and oxygen atoms in total. The van der Waals surface area contributed by atoms with Crippen LogP contribution < -0.4 is 16.0 Å². The number of hydrogen-bond acceptors (Lipinski definition) is 5. The molecule has 37 heavy (non-hydrogen) atoms. The number of fused-ring (bicyclic) bond motifs is 1. The zero-order chi connectivity index (χ0) is 26.6. The van der Waals surface area contributed by atoms with Crippen molar-refractivity contribution in [2.75, 3.05) is 30.3 Å². The van der Waals surface area contributed by atoms with E-state index < -0.39 is 23.7 Å². The molecular formula is C29H39F2N5O. The molecule has 0 spiro atoms. The molecule has 4 rings (SSSR count). The molecule has 1 aliphatic heterocycles. The van der Waals surface area contributed by atoms with Crippen LogP contribution in [0.1, 0.15) is 68.6 Å². The summed E-state index contributed by atoms with van der Waals surface area (Å²) >= 11 is 0. The normalized spacial score (nSPS) is 17.1. The number of nitrogens with one attached hydrogen (secondary N) is 4. The molecule has 0 aliphatic carbocycles. The second-order valence-electron chi connectivity index (χ2n) is 11.1. The minimum Gasteiger partial charge on any atom is -0.391 e. The molecule has 0 radical (unpaired) electrons. The van der Waals surface area contributed by atoms with E-state index in [9.17, 15) is 13.9 Å². The highest BCUT2D eigenvalue weighted by molar-refractivity contribution is 5.56. The number of rotatable bonds is 10. The zero-order valence-electron chi connectivity index (χ0n) is 22.2. The maximum Gasteiger partial charge on any atom is 0.149 e. The van der Waals surface area contributed by atoms with Crippen LogP contribution in [0.3, 0.4) is 0 Å². The lowest BCUT2D eigenvalue weighted by Gasteiger charge is -2.31. The second-order valence-corrected chi connectivity index (χ2v) is 11.1. The van der Waals surface area contributed by atoms with Gasteiger partial charge in [-0.15, -0.1) is 0 Å². The lowest BCUT2D eigenvalue weighted by atomic mass is 9.86. The zero-order valence-corrected chi connectivity index (χ0v) is 22.2. The molecule has 3 unspecified atom stereocenters. The van der Waals surface area contributed by atoms with Crippen LogP contribution >= 0.6 is 0 Å². The third-order valence-electron chi connectivity index (χ3n) is 6.81. The first-order chi connectivity index (χ1) is 17.6. The van der Waals surface area contributed by atoms with E-state index in [0.29, 0.717) is 24.5 Å². The number of anilines is 2. The first-order valence-corrected chi connectivity index (χ1v) is 13.1. The highest BCUT2D eigenvalue weighted by atomic mass is 19.1. The van der Waals surface area contributed by atoms with Gasteiger partial charge in [0.05, 0.1) is 11.8 Å². The molecule has 8 heteroatoms. The van der Waals surface area contributed by atoms with Gasteiger partial charge in [-0.3, -0.25) is 0 Å². The third-order valence-corrected chi connectivity index (χ3v) is 6.81. The number of aliphatic hydroxyl groups excluding tert-OH is 1. The fourth-order valence-electron chi connectivity index (χ4n) is 5.20. The number of aliphatic hydroxyl groups is 1. The van der Waals surface area contributed by atoms with Crippen LogP contribution in [-0.2, 0) is 12.8 Å². The summed E-state index contributed by atoms with van der Waals surface area (Å²) in [5.74, 6) is -1.17. The smallest absolute Gasteiger partial charge is 0.149 e. The van der Waals surface area contributed by atoms with E-state index in [1.54, 1.807) is 12.4 Å². The Morgan fingerprint density at radius 3 is 2.70 bits per heavy atom. The summed E-state index contributed by atoms with van der Waals surface area (Å²) in [7, 11) is 0. The van der Waals surface area contributed by atoms with Gasteiger partial charge < -0.3 is 26.0 Å². The van der Waals surface area contributed by atoms with Crippen molar-refractivity contribution in [1.82, 2.24) is 15.3 Å². The number of imidazole rings is 1. The number of halogens is 2. The van der Waals surface area contributed by atoms with Gasteiger partial charge in [0.1, 0.15) is 17.5 Å². The van der Waals surface area contributed by atoms with Crippen LogP contribution in [0.5, 0.6) is 0 Å². The fourth-order valence-corrected chi connectivity index (χ4v) is 5.20. The molecule has 5 N–H and O–H groups in total. The summed E-state index contributed by atoms with van der Waals surface area (Å²) in [6.45, 7) is 10.2. The van der Waals surface area contributed by atoms with Crippen LogP contribution in [0.25, 0.3) is 0 Å². The summed E-state index contributed by atoms with van der Waals surface area (Å²) in [5, 5.41) is 21.4. The average molecular weight is 512 g/mol. The topological polar surface area (TPSA) is 85.0 Å². The quantitative estimate of drug-likeness (QED) is 0.247. The van der Waals surface area contributed by atoms with Gasteiger partial charge in [0.25, 0.3) is 0 Å². The molecule has 0 bridgehead atoms. The number of aromatic amines is 1. The minimum atomic E-state index is -0.831. The van der Waals surface area contributed by atoms with Gasteiger partial charge in [0.15, 0.2) is 0 Å². The highest BCUT2D eigenvalue weighted by Gasteiger charge is 2.28. The Bertz CT molecular complexity index is 1180. The fraction of sp³-hybridized carbons (Fsp3) is 0.483. The second kappa shape index (κ2) is 11.6. The molecule has 200 valence electrons. The predicted molar refractivity (Wildman–Crippen MR) is 145 cm³/mol. The van der Waals surface area contributed by atoms with E-state index in [-0.39, 0.29) is 23.6 Å². The van der Waals surface area contributed by atoms with Gasteiger partial charge in [-0.2, -0.15) is 0 Å². The minimum absolute atomic E-state index is 0.0898. The molecule has 0 fully saturated rings. The molecule has 1 aliphatic rings. The number of hydrogen-bond donors (Lipinski definition) is 5. The largest absolute Gasteiger partial charge is 0.391 e. The van der Waals surface area contributed by atoms with Gasteiger partial charge in [0, 0.05) is 55.7 Å². The number of H-pyrrole nitrogens is 1. The van der Waals surface area contributed by atoms with E-state index in [1.165, 1.54) is 17.2 Å². The average Bonchev–Trinajstić information content (AvgIpc) is 3.36. The lowest BCUT2D eigenvalue weighted by Crippen LogP contribution is -2.37. The van der Waals surface area contributed by atoms with E-state index in [4.69, 9.17) is 0 Å². The van der Waals surface area contributed by atoms with E-state index in [2.05, 4.69) is 64.9 Å². The first-order valence-electron chi connectivity index (χ1n) is 13.1. The summed E-state index contributed by atoms with van der Waals surface area (Å²) < 4.78 is 28.7. The molecule has 2 heterocycles. The lowest BCUT2D eigenvalue weighted by molar-refractivity contribution is 0.132. The van der Waals surface area contributed by atoms with Crippen molar-refractivity contribution >= 4 is 11.4 Å². The summed E-state index contributed by atoms with van der Waals surface area (Å²) in [5.41, 5.74) is 4.53. The van der Waals surface area contributed by atoms with Crippen molar-refractivity contribution in [2.45, 2.75) is 65.0 Å². The molecule has 3 atom stereocenters. The molecule has 1 aromatic heterocycles. The molecule has 3 aromatic rings. The highest BCUT2D eigenvalue weighted by Crippen LogP contribution is 2.34. The Labute approximate surface area is 218 Å².